The Labute approximate surface area is 85.8 Å². The third-order valence-electron chi connectivity index (χ3n) is 2.06. The van der Waals surface area contributed by atoms with Gasteiger partial charge in [0.25, 0.3) is 0 Å². The third-order valence-corrected chi connectivity index (χ3v) is 2.63. The van der Waals surface area contributed by atoms with Crippen molar-refractivity contribution in [2.45, 2.75) is 12.5 Å². The molecule has 1 N–H and O–H groups in total. The minimum Gasteiger partial charge on any atom is -0.349 e. The van der Waals surface area contributed by atoms with Gasteiger partial charge in [0, 0.05) is 10.0 Å². The molecule has 1 amide bonds. The van der Waals surface area contributed by atoms with E-state index in [9.17, 15) is 4.79 Å². The fourth-order valence-corrected chi connectivity index (χ4v) is 1.87. The van der Waals surface area contributed by atoms with Crippen LogP contribution in [0.4, 0.5) is 0 Å². The highest BCUT2D eigenvalue weighted by Crippen LogP contribution is 2.31. The number of nitrogens with one attached hydrogen (secondary N) is 1. The highest BCUT2D eigenvalue weighted by atomic mass is 35.5. The Hall–Kier alpha value is -0.730. The molecule has 0 radical (unpaired) electrons. The second kappa shape index (κ2) is 3.20. The number of halogens is 2. The van der Waals surface area contributed by atoms with E-state index < -0.39 is 0 Å². The minimum atomic E-state index is 0.0658. The normalized spacial score (nSPS) is 20.8. The lowest BCUT2D eigenvalue weighted by Crippen LogP contribution is -2.41. The summed E-state index contributed by atoms with van der Waals surface area (Å²) in [6, 6.07) is 5.36. The van der Waals surface area contributed by atoms with Crippen molar-refractivity contribution in [2.24, 2.45) is 0 Å². The zero-order valence-electron chi connectivity index (χ0n) is 6.68. The van der Waals surface area contributed by atoms with Gasteiger partial charge in [-0.05, 0) is 17.7 Å². The monoisotopic (exact) mass is 215 g/mol. The number of β-lactam (4-membered cyclic amide) rings is 1. The highest BCUT2D eigenvalue weighted by Gasteiger charge is 2.28. The van der Waals surface area contributed by atoms with Crippen LogP contribution in [0.2, 0.25) is 10.0 Å². The number of carbonyl (C=O) groups is 1. The fraction of sp³-hybridized carbons (Fsp3) is 0.222. The lowest BCUT2D eigenvalue weighted by Gasteiger charge is -2.27. The van der Waals surface area contributed by atoms with E-state index in [1.807, 2.05) is 6.07 Å². The van der Waals surface area contributed by atoms with Gasteiger partial charge < -0.3 is 5.32 Å². The quantitative estimate of drug-likeness (QED) is 0.718. The molecule has 0 spiro atoms. The van der Waals surface area contributed by atoms with Crippen LogP contribution in [0.25, 0.3) is 0 Å². The molecule has 2 rings (SSSR count). The topological polar surface area (TPSA) is 29.1 Å². The molecular weight excluding hydrogens is 209 g/mol. The van der Waals surface area contributed by atoms with E-state index in [1.165, 1.54) is 0 Å². The molecule has 1 aromatic rings. The fourth-order valence-electron chi connectivity index (χ4n) is 1.33. The van der Waals surface area contributed by atoms with Crippen LogP contribution in [0.15, 0.2) is 18.2 Å². The van der Waals surface area contributed by atoms with E-state index in [2.05, 4.69) is 5.32 Å². The molecule has 1 heterocycles. The largest absolute Gasteiger partial charge is 0.349 e. The second-order valence-corrected chi connectivity index (χ2v) is 3.83. The molecule has 0 aliphatic carbocycles. The molecule has 1 saturated heterocycles. The minimum absolute atomic E-state index is 0.0658. The van der Waals surface area contributed by atoms with E-state index in [4.69, 9.17) is 23.2 Å². The molecule has 1 aromatic carbocycles. The maximum absolute atomic E-state index is 10.7. The Bertz CT molecular complexity index is 357. The van der Waals surface area contributed by atoms with Crippen molar-refractivity contribution < 1.29 is 4.79 Å². The van der Waals surface area contributed by atoms with Crippen molar-refractivity contribution in [1.29, 1.82) is 0 Å². The number of amides is 1. The Balaban J connectivity index is 2.26. The first-order valence-corrected chi connectivity index (χ1v) is 4.67. The molecule has 0 saturated carbocycles. The maximum atomic E-state index is 10.7. The van der Waals surface area contributed by atoms with Crippen LogP contribution in [-0.4, -0.2) is 5.91 Å². The summed E-state index contributed by atoms with van der Waals surface area (Å²) in [7, 11) is 0. The summed E-state index contributed by atoms with van der Waals surface area (Å²) in [5.41, 5.74) is 0.936. The predicted octanol–water partition coefficient (Wildman–Crippen LogP) is 2.55. The van der Waals surface area contributed by atoms with Gasteiger partial charge >= 0.3 is 0 Å². The summed E-state index contributed by atoms with van der Waals surface area (Å²) in [6.07, 6.45) is 0.515. The van der Waals surface area contributed by atoms with Crippen LogP contribution in [0.1, 0.15) is 18.0 Å². The predicted molar refractivity (Wildman–Crippen MR) is 52.0 cm³/mol. The molecule has 1 aliphatic heterocycles. The average molecular weight is 216 g/mol. The van der Waals surface area contributed by atoms with E-state index in [1.54, 1.807) is 12.1 Å². The zero-order valence-corrected chi connectivity index (χ0v) is 8.19. The molecular formula is C9H7Cl2NO. The van der Waals surface area contributed by atoms with Crippen molar-refractivity contribution in [3.63, 3.8) is 0 Å². The van der Waals surface area contributed by atoms with Crippen LogP contribution < -0.4 is 5.32 Å². The van der Waals surface area contributed by atoms with Crippen LogP contribution in [0.5, 0.6) is 0 Å². The Morgan fingerprint density at radius 3 is 2.62 bits per heavy atom. The zero-order chi connectivity index (χ0) is 9.42. The van der Waals surface area contributed by atoms with Gasteiger partial charge in [0.2, 0.25) is 5.91 Å². The van der Waals surface area contributed by atoms with Gasteiger partial charge in [-0.25, -0.2) is 0 Å². The third kappa shape index (κ3) is 1.64. The van der Waals surface area contributed by atoms with Crippen molar-refractivity contribution in [3.8, 4) is 0 Å². The van der Waals surface area contributed by atoms with Gasteiger partial charge in [-0.1, -0.05) is 29.3 Å². The molecule has 4 heteroatoms. The first-order valence-electron chi connectivity index (χ1n) is 3.91. The first-order chi connectivity index (χ1) is 6.16. The molecule has 1 aliphatic rings. The number of hydrogen-bond donors (Lipinski definition) is 1. The van der Waals surface area contributed by atoms with Gasteiger partial charge in [0.05, 0.1) is 12.5 Å². The summed E-state index contributed by atoms with van der Waals surface area (Å²) in [5, 5.41) is 3.97. The lowest BCUT2D eigenvalue weighted by molar-refractivity contribution is -0.128. The standard InChI is InChI=1S/C9H7Cl2NO/c10-5-1-2-6(7(11)3-5)8-4-9(13)12-8/h1-3,8H,4H2,(H,12,13). The van der Waals surface area contributed by atoms with Gasteiger partial charge in [-0.2, -0.15) is 0 Å². The molecule has 1 unspecified atom stereocenters. The molecule has 0 bridgehead atoms. The molecule has 1 fully saturated rings. The maximum Gasteiger partial charge on any atom is 0.222 e. The van der Waals surface area contributed by atoms with Crippen molar-refractivity contribution in [1.82, 2.24) is 5.32 Å². The van der Waals surface area contributed by atoms with E-state index >= 15 is 0 Å². The summed E-state index contributed by atoms with van der Waals surface area (Å²) >= 11 is 11.7. The summed E-state index contributed by atoms with van der Waals surface area (Å²) < 4.78 is 0. The summed E-state index contributed by atoms with van der Waals surface area (Å²) in [6.45, 7) is 0. The SMILES string of the molecule is O=C1CC(c2ccc(Cl)cc2Cl)N1. The summed E-state index contributed by atoms with van der Waals surface area (Å²) in [5.74, 6) is 0.0658. The van der Waals surface area contributed by atoms with Crippen LogP contribution in [0.3, 0.4) is 0 Å². The number of carbonyl (C=O) groups excluding carboxylic acids is 1. The van der Waals surface area contributed by atoms with E-state index in [0.717, 1.165) is 5.56 Å². The first kappa shape index (κ1) is 8.85. The molecule has 68 valence electrons. The Morgan fingerprint density at radius 1 is 1.38 bits per heavy atom. The summed E-state index contributed by atoms with van der Waals surface area (Å²) in [4.78, 5) is 10.7. The van der Waals surface area contributed by atoms with Crippen LogP contribution in [0, 0.1) is 0 Å². The average Bonchev–Trinajstić information content (AvgIpc) is 2.00. The molecule has 1 atom stereocenters. The van der Waals surface area contributed by atoms with E-state index in [0.29, 0.717) is 16.5 Å². The smallest absolute Gasteiger partial charge is 0.222 e. The Kier molecular flexibility index (Phi) is 2.18. The highest BCUT2D eigenvalue weighted by molar-refractivity contribution is 6.35. The lowest BCUT2D eigenvalue weighted by atomic mass is 9.97. The van der Waals surface area contributed by atoms with Gasteiger partial charge in [-0.15, -0.1) is 0 Å². The van der Waals surface area contributed by atoms with Gasteiger partial charge in [0.15, 0.2) is 0 Å². The van der Waals surface area contributed by atoms with Crippen LogP contribution >= 0.6 is 23.2 Å². The van der Waals surface area contributed by atoms with Gasteiger partial charge in [0.1, 0.15) is 0 Å². The number of rotatable bonds is 1. The number of benzene rings is 1. The van der Waals surface area contributed by atoms with Gasteiger partial charge in [-0.3, -0.25) is 4.79 Å². The van der Waals surface area contributed by atoms with Crippen LogP contribution in [-0.2, 0) is 4.79 Å². The molecule has 13 heavy (non-hydrogen) atoms. The number of hydrogen-bond acceptors (Lipinski definition) is 1. The molecule has 0 aromatic heterocycles. The van der Waals surface area contributed by atoms with Crippen molar-refractivity contribution >= 4 is 29.1 Å². The second-order valence-electron chi connectivity index (χ2n) is 2.99. The van der Waals surface area contributed by atoms with E-state index in [-0.39, 0.29) is 11.9 Å². The van der Waals surface area contributed by atoms with Crippen molar-refractivity contribution in [2.75, 3.05) is 0 Å². The molecule has 2 nitrogen and oxygen atoms in total. The Morgan fingerprint density at radius 2 is 2.08 bits per heavy atom. The van der Waals surface area contributed by atoms with Crippen molar-refractivity contribution in [3.05, 3.63) is 33.8 Å².